The number of rotatable bonds is 4. The van der Waals surface area contributed by atoms with Crippen LogP contribution in [0.3, 0.4) is 0 Å². The van der Waals surface area contributed by atoms with Gasteiger partial charge < -0.3 is 4.74 Å². The Morgan fingerprint density at radius 3 is 2.63 bits per heavy atom. The van der Waals surface area contributed by atoms with Crippen LogP contribution in [0.25, 0.3) is 0 Å². The third kappa shape index (κ3) is 3.36. The van der Waals surface area contributed by atoms with Crippen LogP contribution >= 0.6 is 11.6 Å². The van der Waals surface area contributed by atoms with Crippen LogP contribution < -0.4 is 4.74 Å². The Hall–Kier alpha value is -1.80. The van der Waals surface area contributed by atoms with E-state index in [0.29, 0.717) is 12.2 Å². The summed E-state index contributed by atoms with van der Waals surface area (Å²) in [6, 6.07) is 13.3. The lowest BCUT2D eigenvalue weighted by atomic mass is 10.1. The first-order valence-corrected chi connectivity index (χ1v) is 6.43. The molecule has 0 aliphatic rings. The fourth-order valence-electron chi connectivity index (χ4n) is 1.86. The second kappa shape index (κ2) is 5.89. The van der Waals surface area contributed by atoms with Gasteiger partial charge >= 0.3 is 0 Å². The van der Waals surface area contributed by atoms with E-state index in [2.05, 4.69) is 0 Å². The second-order valence-electron chi connectivity index (χ2n) is 4.49. The van der Waals surface area contributed by atoms with E-state index in [4.69, 9.17) is 16.3 Å². The zero-order valence-electron chi connectivity index (χ0n) is 10.9. The summed E-state index contributed by atoms with van der Waals surface area (Å²) in [5.74, 6) is 0.830. The molecule has 98 valence electrons. The molecule has 0 amide bonds. The lowest BCUT2D eigenvalue weighted by molar-refractivity contribution is 0.107. The van der Waals surface area contributed by atoms with Gasteiger partial charge in [0.2, 0.25) is 0 Å². The van der Waals surface area contributed by atoms with E-state index in [1.807, 2.05) is 44.2 Å². The second-order valence-corrected chi connectivity index (χ2v) is 4.83. The summed E-state index contributed by atoms with van der Waals surface area (Å²) < 4.78 is 5.78. The third-order valence-corrected chi connectivity index (χ3v) is 3.16. The van der Waals surface area contributed by atoms with Crippen molar-refractivity contribution < 1.29 is 9.53 Å². The van der Waals surface area contributed by atoms with E-state index in [-0.39, 0.29) is 0 Å². The predicted octanol–water partition coefficient (Wildman–Crippen LogP) is 4.26. The monoisotopic (exact) mass is 274 g/mol. The maximum absolute atomic E-state index is 11.3. The molecule has 0 saturated carbocycles. The molecule has 0 radical (unpaired) electrons. The third-order valence-electron chi connectivity index (χ3n) is 2.96. The first-order chi connectivity index (χ1) is 9.08. The van der Waals surface area contributed by atoms with Crippen molar-refractivity contribution in [3.63, 3.8) is 0 Å². The van der Waals surface area contributed by atoms with Crippen molar-refractivity contribution in [1.29, 1.82) is 0 Å². The van der Waals surface area contributed by atoms with Crippen LogP contribution in [0.2, 0.25) is 0 Å². The minimum Gasteiger partial charge on any atom is -0.489 e. The summed E-state index contributed by atoms with van der Waals surface area (Å²) in [5.41, 5.74) is 3.50. The maximum atomic E-state index is 11.3. The first-order valence-electron chi connectivity index (χ1n) is 6.05. The predicted molar refractivity (Wildman–Crippen MR) is 76.9 cm³/mol. The van der Waals surface area contributed by atoms with Crippen LogP contribution in [0.4, 0.5) is 0 Å². The molecule has 0 heterocycles. The number of aryl methyl sites for hydroxylation is 2. The molecule has 0 saturated heterocycles. The van der Waals surface area contributed by atoms with Gasteiger partial charge in [-0.25, -0.2) is 0 Å². The molecule has 2 rings (SSSR count). The van der Waals surface area contributed by atoms with Crippen molar-refractivity contribution in [3.8, 4) is 5.75 Å². The Bertz CT molecular complexity index is 605. The number of carbonyl (C=O) groups excluding carboxylic acids is 1. The smallest absolute Gasteiger partial charge is 0.252 e. The molecule has 0 bridgehead atoms. The minimum atomic E-state index is -0.458. The van der Waals surface area contributed by atoms with E-state index in [1.165, 1.54) is 0 Å². The maximum Gasteiger partial charge on any atom is 0.252 e. The van der Waals surface area contributed by atoms with E-state index in [1.54, 1.807) is 12.1 Å². The van der Waals surface area contributed by atoms with Crippen molar-refractivity contribution >= 4 is 16.8 Å². The van der Waals surface area contributed by atoms with Gasteiger partial charge in [0.05, 0.1) is 0 Å². The molecule has 2 aromatic carbocycles. The Balaban J connectivity index is 2.19. The van der Waals surface area contributed by atoms with Gasteiger partial charge in [0.1, 0.15) is 12.4 Å². The molecule has 0 aliphatic heterocycles. The standard InChI is InChI=1S/C16H15ClO2/c1-11-7-8-12(2)15(9-11)19-10-13-5-3-4-6-14(13)16(17)18/h3-9H,10H2,1-2H3. The minimum absolute atomic E-state index is 0.332. The molecule has 0 aliphatic carbocycles. The summed E-state index contributed by atoms with van der Waals surface area (Å²) >= 11 is 5.55. The molecule has 0 unspecified atom stereocenters. The number of ether oxygens (including phenoxy) is 1. The van der Waals surface area contributed by atoms with Crippen LogP contribution in [0.1, 0.15) is 27.0 Å². The van der Waals surface area contributed by atoms with E-state index in [0.717, 1.165) is 22.4 Å². The first kappa shape index (κ1) is 13.6. The van der Waals surface area contributed by atoms with E-state index >= 15 is 0 Å². The van der Waals surface area contributed by atoms with Gasteiger partial charge in [0, 0.05) is 11.1 Å². The topological polar surface area (TPSA) is 26.3 Å². The fraction of sp³-hybridized carbons (Fsp3) is 0.188. The lowest BCUT2D eigenvalue weighted by Gasteiger charge is -2.11. The Kier molecular flexibility index (Phi) is 4.23. The number of hydrogen-bond donors (Lipinski definition) is 0. The number of halogens is 1. The average molecular weight is 275 g/mol. The van der Waals surface area contributed by atoms with Gasteiger partial charge in [-0.3, -0.25) is 4.79 Å². The fourth-order valence-corrected chi connectivity index (χ4v) is 2.04. The van der Waals surface area contributed by atoms with Gasteiger partial charge in [-0.1, -0.05) is 30.3 Å². The normalized spacial score (nSPS) is 10.3. The SMILES string of the molecule is Cc1ccc(C)c(OCc2ccccc2C(=O)Cl)c1. The lowest BCUT2D eigenvalue weighted by Crippen LogP contribution is -2.03. The molecule has 2 nitrogen and oxygen atoms in total. The average Bonchev–Trinajstić information content (AvgIpc) is 2.40. The molecule has 19 heavy (non-hydrogen) atoms. The van der Waals surface area contributed by atoms with Gasteiger partial charge in [0.15, 0.2) is 0 Å². The van der Waals surface area contributed by atoms with E-state index < -0.39 is 5.24 Å². The highest BCUT2D eigenvalue weighted by Gasteiger charge is 2.09. The van der Waals surface area contributed by atoms with Crippen molar-refractivity contribution in [2.24, 2.45) is 0 Å². The highest BCUT2D eigenvalue weighted by atomic mass is 35.5. The summed E-state index contributed by atoms with van der Waals surface area (Å²) in [4.78, 5) is 11.3. The van der Waals surface area contributed by atoms with E-state index in [9.17, 15) is 4.79 Å². The highest BCUT2D eigenvalue weighted by Crippen LogP contribution is 2.21. The zero-order valence-corrected chi connectivity index (χ0v) is 11.7. The molecule has 3 heteroatoms. The summed E-state index contributed by atoms with van der Waals surface area (Å²) in [6.07, 6.45) is 0. The Labute approximate surface area is 118 Å². The number of benzene rings is 2. The highest BCUT2D eigenvalue weighted by molar-refractivity contribution is 6.67. The van der Waals surface area contributed by atoms with Gasteiger partial charge in [-0.2, -0.15) is 0 Å². The summed E-state index contributed by atoms with van der Waals surface area (Å²) in [5, 5.41) is -0.458. The van der Waals surface area contributed by atoms with Crippen LogP contribution in [0.15, 0.2) is 42.5 Å². The van der Waals surface area contributed by atoms with Crippen LogP contribution in [0.5, 0.6) is 5.75 Å². The largest absolute Gasteiger partial charge is 0.489 e. The molecule has 0 aromatic heterocycles. The summed E-state index contributed by atoms with van der Waals surface area (Å²) in [7, 11) is 0. The molecule has 0 spiro atoms. The van der Waals surface area contributed by atoms with Crippen molar-refractivity contribution in [1.82, 2.24) is 0 Å². The van der Waals surface area contributed by atoms with Crippen LogP contribution in [-0.2, 0) is 6.61 Å². The Morgan fingerprint density at radius 2 is 1.89 bits per heavy atom. The molecule has 2 aromatic rings. The zero-order chi connectivity index (χ0) is 13.8. The van der Waals surface area contributed by atoms with Crippen LogP contribution in [-0.4, -0.2) is 5.24 Å². The number of carbonyl (C=O) groups is 1. The molecule has 0 fully saturated rings. The van der Waals surface area contributed by atoms with Crippen molar-refractivity contribution in [2.75, 3.05) is 0 Å². The summed E-state index contributed by atoms with van der Waals surface area (Å²) in [6.45, 7) is 4.34. The molecule has 0 N–H and O–H groups in total. The number of hydrogen-bond acceptors (Lipinski definition) is 2. The van der Waals surface area contributed by atoms with Gasteiger partial charge in [-0.05, 0) is 48.7 Å². The molecule has 0 atom stereocenters. The molecular formula is C16H15ClO2. The molecular weight excluding hydrogens is 260 g/mol. The quantitative estimate of drug-likeness (QED) is 0.779. The van der Waals surface area contributed by atoms with Gasteiger partial charge in [-0.15, -0.1) is 0 Å². The Morgan fingerprint density at radius 1 is 1.16 bits per heavy atom. The van der Waals surface area contributed by atoms with Crippen LogP contribution in [0, 0.1) is 13.8 Å². The van der Waals surface area contributed by atoms with Crippen molar-refractivity contribution in [2.45, 2.75) is 20.5 Å². The van der Waals surface area contributed by atoms with Crippen molar-refractivity contribution in [3.05, 3.63) is 64.7 Å². The van der Waals surface area contributed by atoms with Gasteiger partial charge in [0.25, 0.3) is 5.24 Å².